The molecule has 0 aromatic heterocycles. The number of halogens is 1. The van der Waals surface area contributed by atoms with Gasteiger partial charge in [-0.2, -0.15) is 5.26 Å². The third-order valence-electron chi connectivity index (χ3n) is 2.98. The number of ether oxygens (including phenoxy) is 1. The van der Waals surface area contributed by atoms with E-state index in [0.29, 0.717) is 16.3 Å². The first kappa shape index (κ1) is 14.4. The molecule has 0 saturated heterocycles. The topological polar surface area (TPSA) is 33.0 Å². The molecule has 20 heavy (non-hydrogen) atoms. The molecule has 0 spiro atoms. The van der Waals surface area contributed by atoms with Crippen LogP contribution in [0.25, 0.3) is 0 Å². The van der Waals surface area contributed by atoms with Gasteiger partial charge in [0, 0.05) is 5.56 Å². The van der Waals surface area contributed by atoms with Crippen LogP contribution in [0.4, 0.5) is 0 Å². The molecule has 102 valence electrons. The first-order valence-electron chi connectivity index (χ1n) is 6.39. The van der Waals surface area contributed by atoms with Crippen molar-refractivity contribution in [2.75, 3.05) is 0 Å². The molecule has 2 nitrogen and oxygen atoms in total. The van der Waals surface area contributed by atoms with Crippen LogP contribution < -0.4 is 4.74 Å². The summed E-state index contributed by atoms with van der Waals surface area (Å²) >= 11 is 6.15. The summed E-state index contributed by atoms with van der Waals surface area (Å²) in [7, 11) is 0. The molecule has 0 bridgehead atoms. The second-order valence-corrected chi connectivity index (χ2v) is 6.01. The Morgan fingerprint density at radius 2 is 1.75 bits per heavy atom. The number of nitrogens with zero attached hydrogens (tertiary/aromatic N) is 1. The van der Waals surface area contributed by atoms with Gasteiger partial charge in [-0.3, -0.25) is 0 Å². The molecule has 0 saturated carbocycles. The number of nitriles is 1. The van der Waals surface area contributed by atoms with E-state index in [1.165, 1.54) is 0 Å². The number of rotatable bonds is 2. The highest BCUT2D eigenvalue weighted by molar-refractivity contribution is 6.32. The summed E-state index contributed by atoms with van der Waals surface area (Å²) < 4.78 is 5.92. The van der Waals surface area contributed by atoms with Crippen molar-refractivity contribution in [2.24, 2.45) is 0 Å². The fraction of sp³-hybridized carbons (Fsp3) is 0.235. The van der Waals surface area contributed by atoms with Crippen molar-refractivity contribution >= 4 is 11.6 Å². The van der Waals surface area contributed by atoms with Crippen LogP contribution in [-0.2, 0) is 5.41 Å². The van der Waals surface area contributed by atoms with E-state index in [4.69, 9.17) is 21.6 Å². The molecule has 0 amide bonds. The van der Waals surface area contributed by atoms with Crippen molar-refractivity contribution in [3.8, 4) is 17.6 Å². The van der Waals surface area contributed by atoms with Gasteiger partial charge in [0.2, 0.25) is 0 Å². The lowest BCUT2D eigenvalue weighted by molar-refractivity contribution is 0.455. The maximum atomic E-state index is 8.84. The summed E-state index contributed by atoms with van der Waals surface area (Å²) in [5.41, 5.74) is 1.61. The number of hydrogen-bond acceptors (Lipinski definition) is 2. The van der Waals surface area contributed by atoms with Crippen molar-refractivity contribution in [1.29, 1.82) is 5.26 Å². The Hall–Kier alpha value is -1.98. The summed E-state index contributed by atoms with van der Waals surface area (Å²) in [6.07, 6.45) is 0. The third kappa shape index (κ3) is 3.12. The summed E-state index contributed by atoms with van der Waals surface area (Å²) in [5.74, 6) is 1.34. The van der Waals surface area contributed by atoms with Gasteiger partial charge in [0.05, 0.1) is 16.7 Å². The van der Waals surface area contributed by atoms with Crippen LogP contribution in [0.3, 0.4) is 0 Å². The highest BCUT2D eigenvalue weighted by atomic mass is 35.5. The molecule has 3 heteroatoms. The molecule has 0 atom stereocenters. The minimum Gasteiger partial charge on any atom is -0.455 e. The van der Waals surface area contributed by atoms with E-state index in [1.807, 2.05) is 24.3 Å². The molecule has 2 aromatic carbocycles. The van der Waals surface area contributed by atoms with Gasteiger partial charge in [-0.1, -0.05) is 50.6 Å². The first-order chi connectivity index (χ1) is 9.41. The Labute approximate surface area is 124 Å². The number of para-hydroxylation sites is 1. The van der Waals surface area contributed by atoms with Crippen molar-refractivity contribution in [3.05, 3.63) is 58.6 Å². The van der Waals surface area contributed by atoms with Gasteiger partial charge in [-0.05, 0) is 29.7 Å². The second-order valence-electron chi connectivity index (χ2n) is 5.61. The lowest BCUT2D eigenvalue weighted by atomic mass is 9.86. The summed E-state index contributed by atoms with van der Waals surface area (Å²) in [4.78, 5) is 0. The first-order valence-corrected chi connectivity index (χ1v) is 6.76. The largest absolute Gasteiger partial charge is 0.455 e. The maximum Gasteiger partial charge on any atom is 0.146 e. The van der Waals surface area contributed by atoms with Crippen LogP contribution in [0.1, 0.15) is 31.9 Å². The molecule has 2 aromatic rings. The smallest absolute Gasteiger partial charge is 0.146 e. The molecule has 0 aliphatic rings. The zero-order chi connectivity index (χ0) is 14.8. The lowest BCUT2D eigenvalue weighted by Crippen LogP contribution is -2.12. The minimum atomic E-state index is -0.0182. The molecule has 0 radical (unpaired) electrons. The van der Waals surface area contributed by atoms with Gasteiger partial charge in [-0.15, -0.1) is 0 Å². The molecule has 0 heterocycles. The van der Waals surface area contributed by atoms with Crippen molar-refractivity contribution in [2.45, 2.75) is 26.2 Å². The van der Waals surface area contributed by atoms with Crippen LogP contribution in [-0.4, -0.2) is 0 Å². The monoisotopic (exact) mass is 285 g/mol. The zero-order valence-corrected chi connectivity index (χ0v) is 12.5. The standard InChI is InChI=1S/C17H16ClNO/c1-17(2,3)13-6-4-5-7-15(13)20-16-9-8-12(11-19)10-14(16)18/h4-10H,1-3H3. The van der Waals surface area contributed by atoms with Crippen molar-refractivity contribution in [1.82, 2.24) is 0 Å². The van der Waals surface area contributed by atoms with Crippen molar-refractivity contribution in [3.63, 3.8) is 0 Å². The van der Waals surface area contributed by atoms with E-state index < -0.39 is 0 Å². The fourth-order valence-electron chi connectivity index (χ4n) is 1.95. The highest BCUT2D eigenvalue weighted by Gasteiger charge is 2.19. The highest BCUT2D eigenvalue weighted by Crippen LogP contribution is 2.36. The number of benzene rings is 2. The average molecular weight is 286 g/mol. The van der Waals surface area contributed by atoms with E-state index >= 15 is 0 Å². The normalized spacial score (nSPS) is 10.9. The van der Waals surface area contributed by atoms with Gasteiger partial charge < -0.3 is 4.74 Å². The Bertz CT molecular complexity index is 665. The SMILES string of the molecule is CC(C)(C)c1ccccc1Oc1ccc(C#N)cc1Cl. The van der Waals surface area contributed by atoms with Crippen LogP contribution in [0.5, 0.6) is 11.5 Å². The Morgan fingerprint density at radius 3 is 2.35 bits per heavy atom. The lowest BCUT2D eigenvalue weighted by Gasteiger charge is -2.22. The molecular formula is C17H16ClNO. The molecule has 0 fully saturated rings. The van der Waals surface area contributed by atoms with Gasteiger partial charge >= 0.3 is 0 Å². The third-order valence-corrected chi connectivity index (χ3v) is 3.27. The van der Waals surface area contributed by atoms with Crippen LogP contribution in [0.15, 0.2) is 42.5 Å². The van der Waals surface area contributed by atoms with Gasteiger partial charge in [0.15, 0.2) is 0 Å². The molecular weight excluding hydrogens is 270 g/mol. The zero-order valence-electron chi connectivity index (χ0n) is 11.8. The fourth-order valence-corrected chi connectivity index (χ4v) is 2.17. The van der Waals surface area contributed by atoms with Gasteiger partial charge in [0.1, 0.15) is 11.5 Å². The summed E-state index contributed by atoms with van der Waals surface area (Å²) in [6.45, 7) is 6.40. The molecule has 2 rings (SSSR count). The van der Waals surface area contributed by atoms with Crippen LogP contribution in [0.2, 0.25) is 5.02 Å². The van der Waals surface area contributed by atoms with E-state index in [1.54, 1.807) is 18.2 Å². The molecule has 0 unspecified atom stereocenters. The average Bonchev–Trinajstić information content (AvgIpc) is 2.40. The molecule has 0 N–H and O–H groups in total. The second kappa shape index (κ2) is 5.56. The Kier molecular flexibility index (Phi) is 4.01. The predicted molar refractivity (Wildman–Crippen MR) is 81.4 cm³/mol. The van der Waals surface area contributed by atoms with E-state index in [0.717, 1.165) is 11.3 Å². The van der Waals surface area contributed by atoms with Crippen LogP contribution >= 0.6 is 11.6 Å². The molecule has 0 aliphatic carbocycles. The van der Waals surface area contributed by atoms with Crippen LogP contribution in [0, 0.1) is 11.3 Å². The Balaban J connectivity index is 2.39. The van der Waals surface area contributed by atoms with E-state index in [9.17, 15) is 0 Å². The minimum absolute atomic E-state index is 0.0182. The summed E-state index contributed by atoms with van der Waals surface area (Å²) in [5, 5.41) is 9.28. The van der Waals surface area contributed by atoms with Gasteiger partial charge in [0.25, 0.3) is 0 Å². The molecule has 0 aliphatic heterocycles. The number of hydrogen-bond donors (Lipinski definition) is 0. The quantitative estimate of drug-likeness (QED) is 0.750. The van der Waals surface area contributed by atoms with E-state index in [2.05, 4.69) is 26.8 Å². The Morgan fingerprint density at radius 1 is 1.05 bits per heavy atom. The maximum absolute atomic E-state index is 8.84. The summed E-state index contributed by atoms with van der Waals surface area (Å²) in [6, 6.07) is 15.0. The van der Waals surface area contributed by atoms with E-state index in [-0.39, 0.29) is 5.41 Å². The van der Waals surface area contributed by atoms with Gasteiger partial charge in [-0.25, -0.2) is 0 Å². The van der Waals surface area contributed by atoms with Crippen molar-refractivity contribution < 1.29 is 4.74 Å². The predicted octanol–water partition coefficient (Wildman–Crippen LogP) is 5.30.